The second-order valence-corrected chi connectivity index (χ2v) is 8.73. The Labute approximate surface area is 201 Å². The van der Waals surface area contributed by atoms with Crippen molar-refractivity contribution < 1.29 is 9.59 Å². The summed E-state index contributed by atoms with van der Waals surface area (Å²) in [4.78, 5) is 29.0. The van der Waals surface area contributed by atoms with Gasteiger partial charge >= 0.3 is 0 Å². The molecule has 172 valence electrons. The van der Waals surface area contributed by atoms with E-state index in [1.54, 1.807) is 36.7 Å². The number of nitrogens with one attached hydrogen (secondary N) is 2. The average Bonchev–Trinajstić information content (AvgIpc) is 3.20. The fourth-order valence-electron chi connectivity index (χ4n) is 3.30. The number of aryl methyl sites for hydroxylation is 2. The zero-order valence-corrected chi connectivity index (χ0v) is 19.9. The number of benzene rings is 2. The van der Waals surface area contributed by atoms with E-state index in [2.05, 4.69) is 25.8 Å². The Balaban J connectivity index is 1.34. The third-order valence-corrected chi connectivity index (χ3v) is 6.20. The second kappa shape index (κ2) is 10.3. The van der Waals surface area contributed by atoms with Gasteiger partial charge in [-0.15, -0.1) is 10.2 Å². The van der Waals surface area contributed by atoms with Gasteiger partial charge in [-0.25, -0.2) is 0 Å². The fourth-order valence-corrected chi connectivity index (χ4v) is 4.01. The van der Waals surface area contributed by atoms with Crippen molar-refractivity contribution in [3.05, 3.63) is 83.7 Å². The van der Waals surface area contributed by atoms with Crippen molar-refractivity contribution in [2.24, 2.45) is 7.05 Å². The van der Waals surface area contributed by atoms with E-state index >= 15 is 0 Å². The predicted molar refractivity (Wildman–Crippen MR) is 134 cm³/mol. The highest BCUT2D eigenvalue weighted by Crippen LogP contribution is 2.24. The van der Waals surface area contributed by atoms with E-state index in [4.69, 9.17) is 0 Å². The second-order valence-electron chi connectivity index (χ2n) is 7.79. The maximum atomic E-state index is 12.5. The summed E-state index contributed by atoms with van der Waals surface area (Å²) in [6, 6.07) is 16.5. The van der Waals surface area contributed by atoms with Gasteiger partial charge in [0.05, 0.1) is 5.75 Å². The van der Waals surface area contributed by atoms with Gasteiger partial charge in [-0.1, -0.05) is 29.5 Å². The molecule has 0 bridgehead atoms. The van der Waals surface area contributed by atoms with Crippen LogP contribution in [0.2, 0.25) is 0 Å². The quantitative estimate of drug-likeness (QED) is 0.385. The summed E-state index contributed by atoms with van der Waals surface area (Å²) in [5.41, 5.74) is 4.80. The molecule has 8 nitrogen and oxygen atoms in total. The minimum Gasteiger partial charge on any atom is -0.325 e. The molecule has 2 N–H and O–H groups in total. The van der Waals surface area contributed by atoms with Crippen LogP contribution in [0.25, 0.3) is 11.4 Å². The van der Waals surface area contributed by atoms with Crippen LogP contribution in [0.15, 0.2) is 72.1 Å². The standard InChI is InChI=1S/C25H24N6O2S/c1-16-4-6-19(7-5-16)24(33)27-20-8-9-21(17(2)14-20)28-22(32)15-34-25-30-29-23(31(25)3)18-10-12-26-13-11-18/h4-14H,15H2,1-3H3,(H,27,33)(H,28,32). The molecule has 0 unspecified atom stereocenters. The average molecular weight is 473 g/mol. The van der Waals surface area contributed by atoms with E-state index in [0.29, 0.717) is 27.9 Å². The molecule has 0 saturated carbocycles. The summed E-state index contributed by atoms with van der Waals surface area (Å²) in [7, 11) is 1.86. The summed E-state index contributed by atoms with van der Waals surface area (Å²) in [6.45, 7) is 3.86. The van der Waals surface area contributed by atoms with Gasteiger partial charge in [-0.2, -0.15) is 0 Å². The van der Waals surface area contributed by atoms with Gasteiger partial charge < -0.3 is 15.2 Å². The topological polar surface area (TPSA) is 102 Å². The van der Waals surface area contributed by atoms with Crippen molar-refractivity contribution in [2.75, 3.05) is 16.4 Å². The highest BCUT2D eigenvalue weighted by atomic mass is 32.2. The Hall–Kier alpha value is -3.98. The lowest BCUT2D eigenvalue weighted by Crippen LogP contribution is -2.16. The number of aromatic nitrogens is 4. The Morgan fingerprint density at radius 3 is 2.38 bits per heavy atom. The van der Waals surface area contributed by atoms with Crippen LogP contribution in [0.1, 0.15) is 21.5 Å². The van der Waals surface area contributed by atoms with Crippen LogP contribution in [0.4, 0.5) is 11.4 Å². The van der Waals surface area contributed by atoms with Crippen LogP contribution in [0.3, 0.4) is 0 Å². The Morgan fingerprint density at radius 2 is 1.68 bits per heavy atom. The van der Waals surface area contributed by atoms with Gasteiger partial charge in [0, 0.05) is 41.9 Å². The van der Waals surface area contributed by atoms with Gasteiger partial charge in [0.1, 0.15) is 0 Å². The van der Waals surface area contributed by atoms with Crippen LogP contribution in [-0.2, 0) is 11.8 Å². The molecule has 0 fully saturated rings. The monoisotopic (exact) mass is 472 g/mol. The molecule has 34 heavy (non-hydrogen) atoms. The molecule has 2 aromatic carbocycles. The van der Waals surface area contributed by atoms with E-state index in [1.165, 1.54) is 11.8 Å². The smallest absolute Gasteiger partial charge is 0.255 e. The minimum atomic E-state index is -0.178. The first kappa shape index (κ1) is 23.2. The molecule has 9 heteroatoms. The molecule has 4 rings (SSSR count). The number of anilines is 2. The normalized spacial score (nSPS) is 10.7. The number of thioether (sulfide) groups is 1. The van der Waals surface area contributed by atoms with Gasteiger partial charge in [0.25, 0.3) is 5.91 Å². The van der Waals surface area contributed by atoms with Gasteiger partial charge in [-0.3, -0.25) is 14.6 Å². The number of amides is 2. The summed E-state index contributed by atoms with van der Waals surface area (Å²) in [6.07, 6.45) is 3.40. The molecule has 2 aromatic heterocycles. The molecule has 0 aliphatic rings. The lowest BCUT2D eigenvalue weighted by Gasteiger charge is -2.11. The van der Waals surface area contributed by atoms with Gasteiger partial charge in [0.15, 0.2) is 11.0 Å². The number of carbonyl (C=O) groups excluding carboxylic acids is 2. The number of pyridine rings is 1. The predicted octanol–water partition coefficient (Wildman–Crippen LogP) is 4.48. The van der Waals surface area contributed by atoms with Crippen molar-refractivity contribution in [3.8, 4) is 11.4 Å². The highest BCUT2D eigenvalue weighted by Gasteiger charge is 2.14. The SMILES string of the molecule is Cc1ccc(C(=O)Nc2ccc(NC(=O)CSc3nnc(-c4ccncc4)n3C)c(C)c2)cc1. The number of hydrogen-bond acceptors (Lipinski definition) is 6. The third kappa shape index (κ3) is 5.49. The summed E-state index contributed by atoms with van der Waals surface area (Å²) in [5.74, 6) is 0.568. The molecule has 2 amide bonds. The summed E-state index contributed by atoms with van der Waals surface area (Å²) >= 11 is 1.31. The van der Waals surface area contributed by atoms with Crippen LogP contribution < -0.4 is 10.6 Å². The molecule has 2 heterocycles. The zero-order valence-electron chi connectivity index (χ0n) is 19.1. The Bertz CT molecular complexity index is 1320. The van der Waals surface area contributed by atoms with E-state index in [9.17, 15) is 9.59 Å². The molecular formula is C25H24N6O2S. The maximum Gasteiger partial charge on any atom is 0.255 e. The lowest BCUT2D eigenvalue weighted by atomic mass is 10.1. The number of carbonyl (C=O) groups is 2. The first-order valence-corrected chi connectivity index (χ1v) is 11.6. The van der Waals surface area contributed by atoms with Crippen LogP contribution in [-0.4, -0.2) is 37.3 Å². The van der Waals surface area contributed by atoms with Gasteiger partial charge in [-0.05, 0) is 61.9 Å². The lowest BCUT2D eigenvalue weighted by molar-refractivity contribution is -0.113. The van der Waals surface area contributed by atoms with Gasteiger partial charge in [0.2, 0.25) is 5.91 Å². The summed E-state index contributed by atoms with van der Waals surface area (Å²) in [5, 5.41) is 14.9. The van der Waals surface area contributed by atoms with Crippen molar-refractivity contribution in [3.63, 3.8) is 0 Å². The van der Waals surface area contributed by atoms with Crippen molar-refractivity contribution >= 4 is 35.0 Å². The molecule has 0 aliphatic heterocycles. The molecule has 0 aliphatic carbocycles. The summed E-state index contributed by atoms with van der Waals surface area (Å²) < 4.78 is 1.85. The van der Waals surface area contributed by atoms with E-state index < -0.39 is 0 Å². The zero-order chi connectivity index (χ0) is 24.1. The van der Waals surface area contributed by atoms with E-state index in [0.717, 1.165) is 16.7 Å². The first-order chi connectivity index (χ1) is 16.4. The number of rotatable bonds is 7. The number of hydrogen-bond donors (Lipinski definition) is 2. The first-order valence-electron chi connectivity index (χ1n) is 10.6. The molecule has 0 saturated heterocycles. The molecule has 4 aromatic rings. The van der Waals surface area contributed by atoms with Crippen LogP contribution in [0, 0.1) is 13.8 Å². The maximum absolute atomic E-state index is 12.5. The van der Waals surface area contributed by atoms with Crippen molar-refractivity contribution in [1.29, 1.82) is 0 Å². The molecule has 0 atom stereocenters. The minimum absolute atomic E-state index is 0.155. The molecule has 0 radical (unpaired) electrons. The molecular weight excluding hydrogens is 448 g/mol. The fraction of sp³-hybridized carbons (Fsp3) is 0.160. The van der Waals surface area contributed by atoms with E-state index in [1.807, 2.05) is 55.8 Å². The van der Waals surface area contributed by atoms with E-state index in [-0.39, 0.29) is 17.6 Å². The third-order valence-electron chi connectivity index (χ3n) is 5.18. The largest absolute Gasteiger partial charge is 0.325 e. The van der Waals surface area contributed by atoms with Crippen molar-refractivity contribution in [2.45, 2.75) is 19.0 Å². The Kier molecular flexibility index (Phi) is 7.03. The van der Waals surface area contributed by atoms with Crippen LogP contribution >= 0.6 is 11.8 Å². The number of nitrogens with zero attached hydrogens (tertiary/aromatic N) is 4. The highest BCUT2D eigenvalue weighted by molar-refractivity contribution is 7.99. The Morgan fingerprint density at radius 1 is 0.941 bits per heavy atom. The van der Waals surface area contributed by atoms with Crippen LogP contribution in [0.5, 0.6) is 0 Å². The van der Waals surface area contributed by atoms with Crippen molar-refractivity contribution in [1.82, 2.24) is 19.7 Å². The molecule has 0 spiro atoms.